The average molecular weight is 454 g/mol. The lowest BCUT2D eigenvalue weighted by molar-refractivity contribution is -0.131. The molecule has 1 aliphatic rings. The van der Waals surface area contributed by atoms with E-state index in [1.165, 1.54) is 0 Å². The van der Waals surface area contributed by atoms with Crippen LogP contribution in [0.5, 0.6) is 0 Å². The number of carbonyl (C=O) groups is 1. The molecule has 1 saturated heterocycles. The number of aromatic nitrogens is 1. The zero-order valence-electron chi connectivity index (χ0n) is 18.3. The van der Waals surface area contributed by atoms with E-state index in [1.54, 1.807) is 24.3 Å². The van der Waals surface area contributed by atoms with Crippen molar-refractivity contribution in [2.45, 2.75) is 36.6 Å². The highest BCUT2D eigenvalue weighted by Crippen LogP contribution is 2.35. The third-order valence-corrected chi connectivity index (χ3v) is 7.24. The molecule has 32 heavy (non-hydrogen) atoms. The van der Waals surface area contributed by atoms with E-state index in [2.05, 4.69) is 4.98 Å². The summed E-state index contributed by atoms with van der Waals surface area (Å²) in [6.07, 6.45) is 1.33. The van der Waals surface area contributed by atoms with Crippen LogP contribution in [0.25, 0.3) is 11.5 Å². The molecule has 0 spiro atoms. The Morgan fingerprint density at radius 1 is 1.00 bits per heavy atom. The second-order valence-corrected chi connectivity index (χ2v) is 9.79. The van der Waals surface area contributed by atoms with Crippen LogP contribution in [0.1, 0.15) is 25.3 Å². The quantitative estimate of drug-likeness (QED) is 0.562. The molecule has 0 aliphatic carbocycles. The van der Waals surface area contributed by atoms with Gasteiger partial charge >= 0.3 is 0 Å². The highest BCUT2D eigenvalue weighted by Gasteiger charge is 2.33. The van der Waals surface area contributed by atoms with Crippen LogP contribution in [-0.2, 0) is 14.6 Å². The van der Waals surface area contributed by atoms with Crippen molar-refractivity contribution in [2.75, 3.05) is 31.1 Å². The number of nitrogens with zero attached hydrogens (tertiary/aromatic N) is 3. The molecular formula is C24H27N3O4S. The third-order valence-electron chi connectivity index (χ3n) is 5.57. The number of amides is 1. The summed E-state index contributed by atoms with van der Waals surface area (Å²) in [6.45, 7) is 5.89. The van der Waals surface area contributed by atoms with Crippen molar-refractivity contribution in [3.8, 4) is 11.5 Å². The van der Waals surface area contributed by atoms with Gasteiger partial charge in [0.05, 0.1) is 4.90 Å². The number of hydrogen-bond acceptors (Lipinski definition) is 6. The molecule has 0 atom stereocenters. The van der Waals surface area contributed by atoms with Crippen molar-refractivity contribution < 1.29 is 17.6 Å². The van der Waals surface area contributed by atoms with Crippen molar-refractivity contribution in [3.63, 3.8) is 0 Å². The van der Waals surface area contributed by atoms with Crippen molar-refractivity contribution >= 4 is 21.6 Å². The van der Waals surface area contributed by atoms with Gasteiger partial charge in [-0.1, -0.05) is 42.8 Å². The molecule has 168 valence electrons. The summed E-state index contributed by atoms with van der Waals surface area (Å²) in [5, 5.41) is -0.0893. The number of rotatable bonds is 6. The zero-order chi connectivity index (χ0) is 22.7. The Kier molecular flexibility index (Phi) is 6.32. The predicted octanol–water partition coefficient (Wildman–Crippen LogP) is 3.93. The zero-order valence-corrected chi connectivity index (χ0v) is 19.1. The summed E-state index contributed by atoms with van der Waals surface area (Å²) in [7, 11) is -3.89. The molecule has 1 amide bonds. The van der Waals surface area contributed by atoms with E-state index >= 15 is 0 Å². The number of sulfone groups is 1. The van der Waals surface area contributed by atoms with E-state index in [0.717, 1.165) is 12.0 Å². The molecule has 2 heterocycles. The van der Waals surface area contributed by atoms with Gasteiger partial charge in [-0.05, 0) is 37.6 Å². The summed E-state index contributed by atoms with van der Waals surface area (Å²) >= 11 is 0. The van der Waals surface area contributed by atoms with Crippen molar-refractivity contribution in [3.05, 3.63) is 60.2 Å². The first kappa shape index (κ1) is 22.1. The largest absolute Gasteiger partial charge is 0.419 e. The van der Waals surface area contributed by atoms with Crippen LogP contribution >= 0.6 is 0 Å². The van der Waals surface area contributed by atoms with Gasteiger partial charge in [0.25, 0.3) is 0 Å². The summed E-state index contributed by atoms with van der Waals surface area (Å²) in [5.74, 6) is 0.616. The molecule has 8 heteroatoms. The van der Waals surface area contributed by atoms with Crippen molar-refractivity contribution in [2.24, 2.45) is 0 Å². The minimum atomic E-state index is -3.89. The Morgan fingerprint density at radius 2 is 1.66 bits per heavy atom. The van der Waals surface area contributed by atoms with Gasteiger partial charge < -0.3 is 14.2 Å². The number of hydrogen-bond donors (Lipinski definition) is 0. The highest BCUT2D eigenvalue weighted by molar-refractivity contribution is 7.91. The fourth-order valence-corrected chi connectivity index (χ4v) is 5.06. The lowest BCUT2D eigenvalue weighted by Gasteiger charge is -2.34. The number of anilines is 1. The average Bonchev–Trinajstić information content (AvgIpc) is 3.27. The Morgan fingerprint density at radius 3 is 2.28 bits per heavy atom. The second-order valence-electron chi connectivity index (χ2n) is 7.93. The summed E-state index contributed by atoms with van der Waals surface area (Å²) in [6, 6.07) is 16.0. The maximum Gasteiger partial charge on any atom is 0.236 e. The molecule has 0 bridgehead atoms. The lowest BCUT2D eigenvalue weighted by atomic mass is 10.2. The highest BCUT2D eigenvalue weighted by atomic mass is 32.2. The molecule has 0 unspecified atom stereocenters. The molecule has 1 aromatic heterocycles. The predicted molar refractivity (Wildman–Crippen MR) is 122 cm³/mol. The standard InChI is InChI=1S/C24H27N3O4S/c1-3-7-21(28)26-14-16-27(17-15-26)24-23(25-22(31-24)19-8-5-4-6-9-19)32(29,30)20-12-10-18(2)11-13-20/h4-6,8-13H,3,7,14-17H2,1-2H3. The third kappa shape index (κ3) is 4.41. The molecule has 0 saturated carbocycles. The second kappa shape index (κ2) is 9.16. The number of aryl methyl sites for hydroxylation is 1. The fourth-order valence-electron chi connectivity index (χ4n) is 3.74. The van der Waals surface area contributed by atoms with Crippen LogP contribution in [0, 0.1) is 6.92 Å². The fraction of sp³-hybridized carbons (Fsp3) is 0.333. The van der Waals surface area contributed by atoms with E-state index in [4.69, 9.17) is 4.42 Å². The Balaban J connectivity index is 1.71. The monoisotopic (exact) mass is 453 g/mol. The minimum absolute atomic E-state index is 0.0893. The first-order valence-corrected chi connectivity index (χ1v) is 12.3. The van der Waals surface area contributed by atoms with Crippen LogP contribution in [0.15, 0.2) is 68.9 Å². The Bertz CT molecular complexity index is 1180. The number of piperazine rings is 1. The smallest absolute Gasteiger partial charge is 0.236 e. The summed E-state index contributed by atoms with van der Waals surface area (Å²) in [5.41, 5.74) is 1.68. The number of oxazole rings is 1. The van der Waals surface area contributed by atoms with Crippen molar-refractivity contribution in [1.82, 2.24) is 9.88 Å². The van der Waals surface area contributed by atoms with Gasteiger partial charge in [0.2, 0.25) is 32.5 Å². The van der Waals surface area contributed by atoms with Gasteiger partial charge in [0.15, 0.2) is 0 Å². The van der Waals surface area contributed by atoms with Gasteiger partial charge in [0, 0.05) is 38.2 Å². The first-order valence-electron chi connectivity index (χ1n) is 10.8. The van der Waals surface area contributed by atoms with Gasteiger partial charge in [-0.2, -0.15) is 4.98 Å². The Labute approximate surface area is 188 Å². The molecule has 1 fully saturated rings. The van der Waals surface area contributed by atoms with Gasteiger partial charge in [-0.15, -0.1) is 0 Å². The summed E-state index contributed by atoms with van der Waals surface area (Å²) in [4.78, 5) is 20.5. The van der Waals surface area contributed by atoms with E-state index in [0.29, 0.717) is 38.2 Å². The van der Waals surface area contributed by atoms with E-state index in [1.807, 2.05) is 54.0 Å². The molecule has 7 nitrogen and oxygen atoms in total. The number of carbonyl (C=O) groups excluding carboxylic acids is 1. The van der Waals surface area contributed by atoms with E-state index in [-0.39, 0.29) is 27.6 Å². The molecule has 1 aliphatic heterocycles. The topological polar surface area (TPSA) is 83.7 Å². The van der Waals surface area contributed by atoms with Gasteiger partial charge in [0.1, 0.15) is 0 Å². The van der Waals surface area contributed by atoms with E-state index < -0.39 is 9.84 Å². The molecule has 2 aromatic carbocycles. The normalized spacial score (nSPS) is 14.6. The molecule has 0 radical (unpaired) electrons. The van der Waals surface area contributed by atoms with Crippen LogP contribution in [0.3, 0.4) is 0 Å². The number of benzene rings is 2. The first-order chi connectivity index (χ1) is 15.4. The molecule has 3 aromatic rings. The van der Waals surface area contributed by atoms with Crippen LogP contribution in [0.4, 0.5) is 5.88 Å². The SMILES string of the molecule is CCCC(=O)N1CCN(c2oc(-c3ccccc3)nc2S(=O)(=O)c2ccc(C)cc2)CC1. The van der Waals surface area contributed by atoms with Gasteiger partial charge in [-0.3, -0.25) is 4.79 Å². The van der Waals surface area contributed by atoms with Gasteiger partial charge in [-0.25, -0.2) is 8.42 Å². The maximum atomic E-state index is 13.5. The van der Waals surface area contributed by atoms with Crippen LogP contribution in [0.2, 0.25) is 0 Å². The molecular weight excluding hydrogens is 426 g/mol. The minimum Gasteiger partial charge on any atom is -0.419 e. The van der Waals surface area contributed by atoms with Crippen LogP contribution < -0.4 is 4.90 Å². The van der Waals surface area contributed by atoms with Crippen molar-refractivity contribution in [1.29, 1.82) is 0 Å². The maximum absolute atomic E-state index is 13.5. The Hall–Kier alpha value is -3.13. The van der Waals surface area contributed by atoms with E-state index in [9.17, 15) is 13.2 Å². The summed E-state index contributed by atoms with van der Waals surface area (Å²) < 4.78 is 33.0. The lowest BCUT2D eigenvalue weighted by Crippen LogP contribution is -2.48. The molecule has 4 rings (SSSR count). The molecule has 0 N–H and O–H groups in total. The van der Waals surface area contributed by atoms with Crippen LogP contribution in [-0.4, -0.2) is 50.4 Å².